The molecule has 3 rings (SSSR count). The molecule has 2 heterocycles. The lowest BCUT2D eigenvalue weighted by molar-refractivity contribution is 0.102. The van der Waals surface area contributed by atoms with Gasteiger partial charge in [-0.15, -0.1) is 0 Å². The van der Waals surface area contributed by atoms with E-state index in [-0.39, 0.29) is 11.4 Å². The molecule has 0 aliphatic rings. The molecule has 0 fully saturated rings. The second kappa shape index (κ2) is 6.49. The first-order valence-electron chi connectivity index (χ1n) is 7.21. The molecule has 0 bridgehead atoms. The highest BCUT2D eigenvalue weighted by atomic mass is 19.1. The quantitative estimate of drug-likeness (QED) is 0.772. The van der Waals surface area contributed by atoms with Gasteiger partial charge >= 0.3 is 0 Å². The van der Waals surface area contributed by atoms with Gasteiger partial charge in [0.25, 0.3) is 5.91 Å². The molecule has 2 aromatic heterocycles. The van der Waals surface area contributed by atoms with Crippen LogP contribution >= 0.6 is 0 Å². The van der Waals surface area contributed by atoms with Crippen LogP contribution in [0.5, 0.6) is 5.75 Å². The van der Waals surface area contributed by atoms with Gasteiger partial charge in [-0.1, -0.05) is 12.1 Å². The van der Waals surface area contributed by atoms with Crippen molar-refractivity contribution in [2.24, 2.45) is 0 Å². The summed E-state index contributed by atoms with van der Waals surface area (Å²) in [6.07, 6.45) is 1.06. The molecule has 0 atom stereocenters. The predicted molar refractivity (Wildman–Crippen MR) is 87.5 cm³/mol. The first-order valence-corrected chi connectivity index (χ1v) is 7.21. The van der Waals surface area contributed by atoms with E-state index in [0.717, 1.165) is 11.8 Å². The highest BCUT2D eigenvalue weighted by Crippen LogP contribution is 2.26. The van der Waals surface area contributed by atoms with Gasteiger partial charge in [-0.05, 0) is 36.8 Å². The van der Waals surface area contributed by atoms with Crippen LogP contribution < -0.4 is 10.1 Å². The normalized spacial score (nSPS) is 10.5. The second-order valence-electron chi connectivity index (χ2n) is 5.16. The average molecular weight is 326 g/mol. The molecule has 0 aliphatic heterocycles. The Morgan fingerprint density at radius 3 is 2.83 bits per heavy atom. The summed E-state index contributed by atoms with van der Waals surface area (Å²) in [7, 11) is 1.53. The molecule has 1 amide bonds. The van der Waals surface area contributed by atoms with Crippen LogP contribution in [0.2, 0.25) is 0 Å². The highest BCUT2D eigenvalue weighted by molar-refractivity contribution is 6.04. The lowest BCUT2D eigenvalue weighted by Gasteiger charge is -2.11. The number of pyridine rings is 1. The molecule has 2 N–H and O–H groups in total. The molecule has 0 radical (unpaired) electrons. The van der Waals surface area contributed by atoms with Crippen LogP contribution in [0, 0.1) is 12.7 Å². The second-order valence-corrected chi connectivity index (χ2v) is 5.16. The Morgan fingerprint density at radius 2 is 2.12 bits per heavy atom. The van der Waals surface area contributed by atoms with Crippen molar-refractivity contribution in [2.45, 2.75) is 6.92 Å². The summed E-state index contributed by atoms with van der Waals surface area (Å²) in [5, 5.41) is 8.88. The van der Waals surface area contributed by atoms with E-state index in [9.17, 15) is 9.18 Å². The third-order valence-electron chi connectivity index (χ3n) is 3.44. The van der Waals surface area contributed by atoms with Crippen molar-refractivity contribution in [3.8, 4) is 17.1 Å². The number of aromatic nitrogens is 3. The first kappa shape index (κ1) is 15.7. The van der Waals surface area contributed by atoms with Crippen LogP contribution in [-0.2, 0) is 0 Å². The van der Waals surface area contributed by atoms with Crippen molar-refractivity contribution in [3.05, 3.63) is 59.7 Å². The average Bonchev–Trinajstić information content (AvgIpc) is 3.02. The fourth-order valence-corrected chi connectivity index (χ4v) is 2.24. The van der Waals surface area contributed by atoms with Crippen LogP contribution in [-0.4, -0.2) is 28.2 Å². The molecule has 6 nitrogen and oxygen atoms in total. The third-order valence-corrected chi connectivity index (χ3v) is 3.44. The van der Waals surface area contributed by atoms with E-state index in [1.54, 1.807) is 24.3 Å². The SMILES string of the molecule is COc1cc(C)ccc1NC(=O)c1cccc(-c2[nH]ncc2F)n1. The molecule has 1 aromatic carbocycles. The van der Waals surface area contributed by atoms with Crippen molar-refractivity contribution in [1.82, 2.24) is 15.2 Å². The number of hydrogen-bond donors (Lipinski definition) is 2. The van der Waals surface area contributed by atoms with Gasteiger partial charge in [0.2, 0.25) is 0 Å². The van der Waals surface area contributed by atoms with Crippen LogP contribution in [0.15, 0.2) is 42.6 Å². The van der Waals surface area contributed by atoms with Gasteiger partial charge in [0, 0.05) is 0 Å². The third kappa shape index (κ3) is 3.10. The van der Waals surface area contributed by atoms with Crippen molar-refractivity contribution in [2.75, 3.05) is 12.4 Å². The van der Waals surface area contributed by atoms with E-state index in [2.05, 4.69) is 20.5 Å². The number of nitrogens with one attached hydrogen (secondary N) is 2. The smallest absolute Gasteiger partial charge is 0.274 e. The molecular weight excluding hydrogens is 311 g/mol. The van der Waals surface area contributed by atoms with Gasteiger partial charge in [-0.25, -0.2) is 9.37 Å². The molecule has 0 aliphatic carbocycles. The number of ether oxygens (including phenoxy) is 1. The Labute approximate surface area is 137 Å². The minimum Gasteiger partial charge on any atom is -0.495 e. The number of amides is 1. The lowest BCUT2D eigenvalue weighted by atomic mass is 10.2. The van der Waals surface area contributed by atoms with Crippen molar-refractivity contribution in [3.63, 3.8) is 0 Å². The van der Waals surface area contributed by atoms with E-state index >= 15 is 0 Å². The molecule has 122 valence electrons. The number of anilines is 1. The molecule has 3 aromatic rings. The summed E-state index contributed by atoms with van der Waals surface area (Å²) >= 11 is 0. The number of aryl methyl sites for hydroxylation is 1. The largest absolute Gasteiger partial charge is 0.495 e. The Hall–Kier alpha value is -3.22. The zero-order valence-corrected chi connectivity index (χ0v) is 13.1. The number of rotatable bonds is 4. The minimum absolute atomic E-state index is 0.137. The van der Waals surface area contributed by atoms with Crippen molar-refractivity contribution < 1.29 is 13.9 Å². The number of benzene rings is 1. The first-order chi connectivity index (χ1) is 11.6. The predicted octanol–water partition coefficient (Wildman–Crippen LogP) is 3.18. The highest BCUT2D eigenvalue weighted by Gasteiger charge is 2.14. The van der Waals surface area contributed by atoms with E-state index in [1.807, 2.05) is 19.1 Å². The number of methoxy groups -OCH3 is 1. The Morgan fingerprint density at radius 1 is 1.29 bits per heavy atom. The summed E-state index contributed by atoms with van der Waals surface area (Å²) in [6.45, 7) is 1.93. The zero-order chi connectivity index (χ0) is 17.1. The summed E-state index contributed by atoms with van der Waals surface area (Å²) < 4.78 is 18.9. The van der Waals surface area contributed by atoms with Gasteiger partial charge in [-0.3, -0.25) is 9.89 Å². The summed E-state index contributed by atoms with van der Waals surface area (Å²) in [5.74, 6) is -0.390. The standard InChI is InChI=1S/C17H15FN4O2/c1-10-6-7-12(15(8-10)24-2)21-17(23)14-5-3-4-13(20-14)16-11(18)9-19-22-16/h3-9H,1-2H3,(H,19,22)(H,21,23). The van der Waals surface area contributed by atoms with Gasteiger partial charge in [0.05, 0.1) is 24.7 Å². The number of hydrogen-bond acceptors (Lipinski definition) is 4. The Kier molecular flexibility index (Phi) is 4.24. The van der Waals surface area contributed by atoms with Crippen molar-refractivity contribution in [1.29, 1.82) is 0 Å². The number of nitrogens with zero attached hydrogens (tertiary/aromatic N) is 2. The maximum Gasteiger partial charge on any atom is 0.274 e. The summed E-state index contributed by atoms with van der Waals surface area (Å²) in [6, 6.07) is 10.2. The van der Waals surface area contributed by atoms with Crippen LogP contribution in [0.25, 0.3) is 11.4 Å². The fourth-order valence-electron chi connectivity index (χ4n) is 2.24. The van der Waals surface area contributed by atoms with Gasteiger partial charge in [0.15, 0.2) is 5.82 Å². The van der Waals surface area contributed by atoms with Gasteiger partial charge < -0.3 is 10.1 Å². The maximum atomic E-state index is 13.6. The minimum atomic E-state index is -0.528. The van der Waals surface area contributed by atoms with E-state index in [0.29, 0.717) is 17.1 Å². The molecule has 0 saturated carbocycles. The van der Waals surface area contributed by atoms with E-state index in [1.165, 1.54) is 7.11 Å². The summed E-state index contributed by atoms with van der Waals surface area (Å²) in [4.78, 5) is 16.6. The topological polar surface area (TPSA) is 79.9 Å². The van der Waals surface area contributed by atoms with Crippen LogP contribution in [0.3, 0.4) is 0 Å². The number of aromatic amines is 1. The maximum absolute atomic E-state index is 13.6. The monoisotopic (exact) mass is 326 g/mol. The molecular formula is C17H15FN4O2. The molecule has 24 heavy (non-hydrogen) atoms. The van der Waals surface area contributed by atoms with Crippen LogP contribution in [0.1, 0.15) is 16.1 Å². The zero-order valence-electron chi connectivity index (χ0n) is 13.1. The Bertz CT molecular complexity index is 892. The number of H-pyrrole nitrogens is 1. The fraction of sp³-hybridized carbons (Fsp3) is 0.118. The Balaban J connectivity index is 1.87. The number of carbonyl (C=O) groups excluding carboxylic acids is 1. The van der Waals surface area contributed by atoms with Gasteiger partial charge in [-0.2, -0.15) is 5.10 Å². The van der Waals surface area contributed by atoms with Crippen LogP contribution in [0.4, 0.5) is 10.1 Å². The van der Waals surface area contributed by atoms with Gasteiger partial charge in [0.1, 0.15) is 17.1 Å². The van der Waals surface area contributed by atoms with Crippen molar-refractivity contribution >= 4 is 11.6 Å². The molecule has 0 saturated heterocycles. The lowest BCUT2D eigenvalue weighted by Crippen LogP contribution is -2.14. The summed E-state index contributed by atoms with van der Waals surface area (Å²) in [5.41, 5.74) is 2.14. The van der Waals surface area contributed by atoms with E-state index < -0.39 is 11.7 Å². The number of carbonyl (C=O) groups is 1. The molecule has 0 spiro atoms. The van der Waals surface area contributed by atoms with E-state index in [4.69, 9.17) is 4.74 Å². The number of halogens is 1. The molecule has 0 unspecified atom stereocenters. The molecule has 7 heteroatoms.